The van der Waals surface area contributed by atoms with Crippen LogP contribution in [0.5, 0.6) is 0 Å². The van der Waals surface area contributed by atoms with Crippen LogP contribution in [0, 0.1) is 11.3 Å². The summed E-state index contributed by atoms with van der Waals surface area (Å²) in [6.45, 7) is 7.14. The van der Waals surface area contributed by atoms with Crippen LogP contribution in [0.25, 0.3) is 18.2 Å². The van der Waals surface area contributed by atoms with Crippen LogP contribution in [-0.2, 0) is 0 Å². The summed E-state index contributed by atoms with van der Waals surface area (Å²) in [6, 6.07) is 32.2. The molecule has 31 heavy (non-hydrogen) atoms. The van der Waals surface area contributed by atoms with Gasteiger partial charge in [-0.05, 0) is 63.7 Å². The monoisotopic (exact) mass is 404 g/mol. The summed E-state index contributed by atoms with van der Waals surface area (Å²) in [5.74, 6) is 0.602. The third-order valence-corrected chi connectivity index (χ3v) is 6.24. The summed E-state index contributed by atoms with van der Waals surface area (Å²) in [4.78, 5) is 0. The van der Waals surface area contributed by atoms with Gasteiger partial charge in [-0.1, -0.05) is 124 Å². The van der Waals surface area contributed by atoms with E-state index >= 15 is 0 Å². The Balaban J connectivity index is 1.87. The van der Waals surface area contributed by atoms with Crippen LogP contribution in [0.15, 0.2) is 108 Å². The summed E-state index contributed by atoms with van der Waals surface area (Å²) in [5, 5.41) is 0. The first-order chi connectivity index (χ1) is 15.0. The smallest absolute Gasteiger partial charge is 0.0186 e. The van der Waals surface area contributed by atoms with Crippen molar-refractivity contribution in [2.75, 3.05) is 0 Å². The zero-order chi connectivity index (χ0) is 21.7. The lowest BCUT2D eigenvalue weighted by Gasteiger charge is -2.38. The van der Waals surface area contributed by atoms with Crippen LogP contribution < -0.4 is 0 Å². The minimum Gasteiger partial charge on any atom is -0.0622 e. The highest BCUT2D eigenvalue weighted by Gasteiger charge is 2.32. The largest absolute Gasteiger partial charge is 0.0622 e. The zero-order valence-corrected chi connectivity index (χ0v) is 18.9. The molecule has 0 heteroatoms. The van der Waals surface area contributed by atoms with Crippen LogP contribution >= 0.6 is 0 Å². The average molecular weight is 405 g/mol. The highest BCUT2D eigenvalue weighted by molar-refractivity contribution is 5.76. The van der Waals surface area contributed by atoms with E-state index in [4.69, 9.17) is 0 Å². The molecule has 3 aromatic rings. The van der Waals surface area contributed by atoms with Crippen molar-refractivity contribution >= 4 is 18.2 Å². The predicted molar refractivity (Wildman–Crippen MR) is 135 cm³/mol. The third-order valence-electron chi connectivity index (χ3n) is 6.24. The SMILES string of the molecule is CC(C)(C)C1C/C(=C/c2ccccc2)C(=Cc2ccccc2)/C(=C/c2ccccc2)C1. The first kappa shape index (κ1) is 21.1. The standard InChI is InChI=1S/C31H32/c1-31(2,3)29-22-27(19-24-13-7-4-8-14-24)30(21-26-17-11-6-12-18-26)28(23-29)20-25-15-9-5-10-16-25/h4-21,29H,22-23H2,1-3H3/b27-19-,28-20+,30-21?. The Morgan fingerprint density at radius 3 is 1.26 bits per heavy atom. The molecule has 3 aromatic carbocycles. The van der Waals surface area contributed by atoms with E-state index in [9.17, 15) is 0 Å². The maximum atomic E-state index is 2.39. The average Bonchev–Trinajstić information content (AvgIpc) is 2.77. The number of allylic oxidation sites excluding steroid dienone is 3. The van der Waals surface area contributed by atoms with E-state index in [1.54, 1.807) is 0 Å². The number of rotatable bonds is 3. The van der Waals surface area contributed by atoms with E-state index in [2.05, 4.69) is 130 Å². The fourth-order valence-corrected chi connectivity index (χ4v) is 4.32. The van der Waals surface area contributed by atoms with Gasteiger partial charge in [0.25, 0.3) is 0 Å². The molecule has 1 unspecified atom stereocenters. The van der Waals surface area contributed by atoms with Gasteiger partial charge in [0.05, 0.1) is 0 Å². The minimum absolute atomic E-state index is 0.254. The molecule has 4 rings (SSSR count). The van der Waals surface area contributed by atoms with Gasteiger partial charge in [0.2, 0.25) is 0 Å². The summed E-state index contributed by atoms with van der Waals surface area (Å²) >= 11 is 0. The highest BCUT2D eigenvalue weighted by Crippen LogP contribution is 2.46. The van der Waals surface area contributed by atoms with Crippen molar-refractivity contribution in [2.24, 2.45) is 11.3 Å². The van der Waals surface area contributed by atoms with Gasteiger partial charge >= 0.3 is 0 Å². The maximum Gasteiger partial charge on any atom is -0.0186 e. The van der Waals surface area contributed by atoms with Gasteiger partial charge in [0, 0.05) is 0 Å². The topological polar surface area (TPSA) is 0 Å². The fraction of sp³-hybridized carbons (Fsp3) is 0.226. The molecule has 1 atom stereocenters. The molecule has 1 aliphatic rings. The van der Waals surface area contributed by atoms with Crippen molar-refractivity contribution in [1.29, 1.82) is 0 Å². The van der Waals surface area contributed by atoms with Gasteiger partial charge in [0.15, 0.2) is 0 Å². The Bertz CT molecular complexity index is 1010. The molecule has 1 aliphatic carbocycles. The Morgan fingerprint density at radius 2 is 0.903 bits per heavy atom. The molecular formula is C31H32. The molecule has 0 radical (unpaired) electrons. The number of benzene rings is 3. The van der Waals surface area contributed by atoms with Crippen LogP contribution in [0.2, 0.25) is 0 Å². The molecule has 0 nitrogen and oxygen atoms in total. The summed E-state index contributed by atoms with van der Waals surface area (Å²) in [5.41, 5.74) is 8.29. The number of hydrogen-bond acceptors (Lipinski definition) is 0. The quantitative estimate of drug-likeness (QED) is 0.409. The molecule has 0 aromatic heterocycles. The minimum atomic E-state index is 0.254. The van der Waals surface area contributed by atoms with Crippen molar-refractivity contribution < 1.29 is 0 Å². The van der Waals surface area contributed by atoms with E-state index in [0.29, 0.717) is 5.92 Å². The fourth-order valence-electron chi connectivity index (χ4n) is 4.32. The van der Waals surface area contributed by atoms with Crippen molar-refractivity contribution in [3.05, 3.63) is 124 Å². The number of hydrogen-bond donors (Lipinski definition) is 0. The lowest BCUT2D eigenvalue weighted by Crippen LogP contribution is -2.25. The van der Waals surface area contributed by atoms with E-state index in [1.807, 2.05) is 0 Å². The lowest BCUT2D eigenvalue weighted by atomic mass is 9.67. The lowest BCUT2D eigenvalue weighted by molar-refractivity contribution is 0.232. The van der Waals surface area contributed by atoms with Crippen LogP contribution in [-0.4, -0.2) is 0 Å². The predicted octanol–water partition coefficient (Wildman–Crippen LogP) is 8.69. The summed E-state index contributed by atoms with van der Waals surface area (Å²) < 4.78 is 0. The second-order valence-electron chi connectivity index (χ2n) is 9.60. The van der Waals surface area contributed by atoms with Crippen molar-refractivity contribution in [3.63, 3.8) is 0 Å². The second-order valence-corrected chi connectivity index (χ2v) is 9.60. The molecule has 0 spiro atoms. The Labute approximate surface area is 187 Å². The van der Waals surface area contributed by atoms with Crippen molar-refractivity contribution in [1.82, 2.24) is 0 Å². The molecule has 0 bridgehead atoms. The van der Waals surface area contributed by atoms with Gasteiger partial charge in [-0.25, -0.2) is 0 Å². The first-order valence-electron chi connectivity index (χ1n) is 11.3. The van der Waals surface area contributed by atoms with Gasteiger partial charge in [-0.2, -0.15) is 0 Å². The Kier molecular flexibility index (Phi) is 6.37. The zero-order valence-electron chi connectivity index (χ0n) is 18.9. The molecule has 0 N–H and O–H groups in total. The van der Waals surface area contributed by atoms with Crippen LogP contribution in [0.4, 0.5) is 0 Å². The molecule has 156 valence electrons. The Morgan fingerprint density at radius 1 is 0.548 bits per heavy atom. The van der Waals surface area contributed by atoms with Gasteiger partial charge < -0.3 is 0 Å². The normalized spacial score (nSPS) is 21.0. The summed E-state index contributed by atoms with van der Waals surface area (Å²) in [6.07, 6.45) is 9.37. The molecule has 0 saturated heterocycles. The van der Waals surface area contributed by atoms with E-state index in [-0.39, 0.29) is 5.41 Å². The first-order valence-corrected chi connectivity index (χ1v) is 11.3. The molecule has 0 amide bonds. The summed E-state index contributed by atoms with van der Waals surface area (Å²) in [7, 11) is 0. The van der Waals surface area contributed by atoms with E-state index < -0.39 is 0 Å². The van der Waals surface area contributed by atoms with Gasteiger partial charge in [-0.3, -0.25) is 0 Å². The molecule has 1 saturated carbocycles. The van der Waals surface area contributed by atoms with Crippen LogP contribution in [0.1, 0.15) is 50.3 Å². The highest BCUT2D eigenvalue weighted by atomic mass is 14.4. The second kappa shape index (κ2) is 9.35. The van der Waals surface area contributed by atoms with E-state index in [1.165, 1.54) is 33.4 Å². The van der Waals surface area contributed by atoms with Crippen molar-refractivity contribution in [3.8, 4) is 0 Å². The van der Waals surface area contributed by atoms with Crippen molar-refractivity contribution in [2.45, 2.75) is 33.6 Å². The Hall–Kier alpha value is -3.12. The third kappa shape index (κ3) is 5.52. The molecule has 1 fully saturated rings. The van der Waals surface area contributed by atoms with Gasteiger partial charge in [-0.15, -0.1) is 0 Å². The van der Waals surface area contributed by atoms with E-state index in [0.717, 1.165) is 12.8 Å². The molecule has 0 heterocycles. The molecule has 0 aliphatic heterocycles. The van der Waals surface area contributed by atoms with Gasteiger partial charge in [0.1, 0.15) is 0 Å². The molecular weight excluding hydrogens is 372 g/mol. The maximum absolute atomic E-state index is 2.39. The van der Waals surface area contributed by atoms with Crippen LogP contribution in [0.3, 0.4) is 0 Å².